The molecule has 0 atom stereocenters. The zero-order valence-corrected chi connectivity index (χ0v) is 14.5. The van der Waals surface area contributed by atoms with Gasteiger partial charge >= 0.3 is 0 Å². The fraction of sp³-hybridized carbons (Fsp3) is 0.105. The maximum atomic E-state index is 12.2. The molecule has 6 heteroatoms. The monoisotopic (exact) mass is 351 g/mol. The molecule has 126 valence electrons. The van der Waals surface area contributed by atoms with Gasteiger partial charge in [0.25, 0.3) is 11.8 Å². The molecule has 2 amide bonds. The molecule has 0 saturated heterocycles. The number of aromatic nitrogens is 1. The predicted molar refractivity (Wildman–Crippen MR) is 100 cm³/mol. The molecule has 0 bridgehead atoms. The van der Waals surface area contributed by atoms with E-state index in [1.165, 1.54) is 0 Å². The summed E-state index contributed by atoms with van der Waals surface area (Å²) in [4.78, 5) is 28.6. The highest BCUT2D eigenvalue weighted by molar-refractivity contribution is 7.97. The Balaban J connectivity index is 1.63. The summed E-state index contributed by atoms with van der Waals surface area (Å²) in [5, 5.41) is 0.952. The zero-order valence-electron chi connectivity index (χ0n) is 13.7. The number of hydrazine groups is 1. The van der Waals surface area contributed by atoms with E-state index in [4.69, 9.17) is 0 Å². The average Bonchev–Trinajstić information content (AvgIpc) is 2.66. The van der Waals surface area contributed by atoms with E-state index >= 15 is 0 Å². The number of pyridine rings is 1. The molecule has 2 N–H and O–H groups in total. The fourth-order valence-corrected chi connectivity index (χ4v) is 2.89. The SMILES string of the molecule is CSCc1ccc(C(=O)NNC(=O)c2ccc3ccccc3n2)cc1. The summed E-state index contributed by atoms with van der Waals surface area (Å²) in [5.74, 6) is 0.0645. The van der Waals surface area contributed by atoms with Crippen LogP contribution < -0.4 is 10.9 Å². The highest BCUT2D eigenvalue weighted by atomic mass is 32.2. The third kappa shape index (κ3) is 4.16. The third-order valence-corrected chi connectivity index (χ3v) is 4.27. The van der Waals surface area contributed by atoms with Crippen molar-refractivity contribution in [1.82, 2.24) is 15.8 Å². The third-order valence-electron chi connectivity index (χ3n) is 3.65. The number of benzene rings is 2. The highest BCUT2D eigenvalue weighted by Gasteiger charge is 2.10. The van der Waals surface area contributed by atoms with Gasteiger partial charge in [0, 0.05) is 16.7 Å². The first kappa shape index (κ1) is 17.0. The van der Waals surface area contributed by atoms with Gasteiger partial charge in [-0.05, 0) is 36.1 Å². The lowest BCUT2D eigenvalue weighted by molar-refractivity contribution is 0.0844. The number of fused-ring (bicyclic) bond motifs is 1. The van der Waals surface area contributed by atoms with Gasteiger partial charge in [0.2, 0.25) is 0 Å². The topological polar surface area (TPSA) is 71.1 Å². The van der Waals surface area contributed by atoms with E-state index in [1.54, 1.807) is 30.0 Å². The Kier molecular flexibility index (Phi) is 5.30. The van der Waals surface area contributed by atoms with Gasteiger partial charge in [-0.15, -0.1) is 0 Å². The van der Waals surface area contributed by atoms with Gasteiger partial charge in [0.1, 0.15) is 5.69 Å². The summed E-state index contributed by atoms with van der Waals surface area (Å²) in [6, 6.07) is 18.3. The van der Waals surface area contributed by atoms with Crippen molar-refractivity contribution >= 4 is 34.5 Å². The second-order valence-corrected chi connectivity index (χ2v) is 6.29. The van der Waals surface area contributed by atoms with Gasteiger partial charge in [0.15, 0.2) is 0 Å². The molecule has 1 heterocycles. The summed E-state index contributed by atoms with van der Waals surface area (Å²) in [6.45, 7) is 0. The maximum absolute atomic E-state index is 12.2. The number of para-hydroxylation sites is 1. The van der Waals surface area contributed by atoms with Gasteiger partial charge in [-0.2, -0.15) is 11.8 Å². The van der Waals surface area contributed by atoms with Crippen molar-refractivity contribution in [1.29, 1.82) is 0 Å². The Bertz CT molecular complexity index is 910. The van der Waals surface area contributed by atoms with Gasteiger partial charge in [-0.3, -0.25) is 20.4 Å². The van der Waals surface area contributed by atoms with Crippen molar-refractivity contribution in [2.75, 3.05) is 6.26 Å². The Morgan fingerprint density at radius 3 is 2.40 bits per heavy atom. The van der Waals surface area contributed by atoms with E-state index in [2.05, 4.69) is 15.8 Å². The second kappa shape index (κ2) is 7.81. The van der Waals surface area contributed by atoms with Gasteiger partial charge in [0.05, 0.1) is 5.52 Å². The number of hydrogen-bond donors (Lipinski definition) is 2. The van der Waals surface area contributed by atoms with Crippen LogP contribution in [0, 0.1) is 0 Å². The average molecular weight is 351 g/mol. The second-order valence-electron chi connectivity index (χ2n) is 5.43. The summed E-state index contributed by atoms with van der Waals surface area (Å²) in [6.07, 6.45) is 2.02. The molecule has 0 saturated carbocycles. The number of thioether (sulfide) groups is 1. The van der Waals surface area contributed by atoms with Crippen LogP contribution in [0.4, 0.5) is 0 Å². The number of carbonyl (C=O) groups is 2. The van der Waals surface area contributed by atoms with Crippen molar-refractivity contribution in [3.05, 3.63) is 77.5 Å². The molecule has 2 aromatic carbocycles. The molecule has 0 radical (unpaired) electrons. The lowest BCUT2D eigenvalue weighted by atomic mass is 10.1. The van der Waals surface area contributed by atoms with Crippen molar-refractivity contribution in [2.24, 2.45) is 0 Å². The molecule has 0 spiro atoms. The summed E-state index contributed by atoms with van der Waals surface area (Å²) in [7, 11) is 0. The molecular weight excluding hydrogens is 334 g/mol. The van der Waals surface area contributed by atoms with Gasteiger partial charge in [-0.25, -0.2) is 4.98 Å². The van der Waals surface area contributed by atoms with E-state index in [0.29, 0.717) is 5.56 Å². The van der Waals surface area contributed by atoms with E-state index in [9.17, 15) is 9.59 Å². The highest BCUT2D eigenvalue weighted by Crippen LogP contribution is 2.12. The van der Waals surface area contributed by atoms with Crippen LogP contribution in [0.2, 0.25) is 0 Å². The summed E-state index contributed by atoms with van der Waals surface area (Å²) in [5.41, 5.74) is 7.41. The van der Waals surface area contributed by atoms with Crippen molar-refractivity contribution < 1.29 is 9.59 Å². The molecule has 5 nitrogen and oxygen atoms in total. The zero-order chi connectivity index (χ0) is 17.6. The van der Waals surface area contributed by atoms with Crippen LogP contribution in [-0.2, 0) is 5.75 Å². The quantitative estimate of drug-likeness (QED) is 0.708. The van der Waals surface area contributed by atoms with Crippen LogP contribution in [0.15, 0.2) is 60.7 Å². The number of carbonyl (C=O) groups excluding carboxylic acids is 2. The van der Waals surface area contributed by atoms with Crippen LogP contribution in [-0.4, -0.2) is 23.1 Å². The Morgan fingerprint density at radius 1 is 0.920 bits per heavy atom. The summed E-state index contributed by atoms with van der Waals surface area (Å²) < 4.78 is 0. The minimum atomic E-state index is -0.460. The lowest BCUT2D eigenvalue weighted by Gasteiger charge is -2.08. The first-order valence-corrected chi connectivity index (χ1v) is 9.11. The number of rotatable bonds is 4. The molecule has 0 aliphatic heterocycles. The Morgan fingerprint density at radius 2 is 1.64 bits per heavy atom. The van der Waals surface area contributed by atoms with Crippen molar-refractivity contribution in [3.63, 3.8) is 0 Å². The standard InChI is InChI=1S/C19H17N3O2S/c1-25-12-13-6-8-15(9-7-13)18(23)21-22-19(24)17-11-10-14-4-2-3-5-16(14)20-17/h2-11H,12H2,1H3,(H,21,23)(H,22,24). The molecule has 0 unspecified atom stereocenters. The number of nitrogens with one attached hydrogen (secondary N) is 2. The number of amides is 2. The Labute approximate surface area is 149 Å². The first-order chi connectivity index (χ1) is 12.2. The molecule has 1 aromatic heterocycles. The minimum absolute atomic E-state index is 0.245. The van der Waals surface area contributed by atoms with E-state index in [0.717, 1.165) is 22.2 Å². The van der Waals surface area contributed by atoms with Crippen molar-refractivity contribution in [3.8, 4) is 0 Å². The molecule has 3 rings (SSSR count). The van der Waals surface area contributed by atoms with Crippen molar-refractivity contribution in [2.45, 2.75) is 5.75 Å². The number of nitrogens with zero attached hydrogens (tertiary/aromatic N) is 1. The Hall–Kier alpha value is -2.86. The van der Waals surface area contributed by atoms with Crippen LogP contribution in [0.1, 0.15) is 26.4 Å². The minimum Gasteiger partial charge on any atom is -0.267 e. The largest absolute Gasteiger partial charge is 0.288 e. The van der Waals surface area contributed by atoms with Crippen LogP contribution in [0.25, 0.3) is 10.9 Å². The molecule has 0 aliphatic carbocycles. The van der Waals surface area contributed by atoms with E-state index < -0.39 is 5.91 Å². The number of hydrogen-bond acceptors (Lipinski definition) is 4. The normalized spacial score (nSPS) is 10.4. The van der Waals surface area contributed by atoms with Crippen LogP contribution >= 0.6 is 11.8 Å². The maximum Gasteiger partial charge on any atom is 0.288 e. The van der Waals surface area contributed by atoms with Gasteiger partial charge in [-0.1, -0.05) is 36.4 Å². The van der Waals surface area contributed by atoms with E-state index in [-0.39, 0.29) is 11.6 Å². The van der Waals surface area contributed by atoms with Crippen LogP contribution in [0.5, 0.6) is 0 Å². The molecule has 0 fully saturated rings. The lowest BCUT2D eigenvalue weighted by Crippen LogP contribution is -2.41. The molecule has 25 heavy (non-hydrogen) atoms. The van der Waals surface area contributed by atoms with Gasteiger partial charge < -0.3 is 0 Å². The van der Waals surface area contributed by atoms with E-state index in [1.807, 2.05) is 48.7 Å². The molecule has 3 aromatic rings. The van der Waals surface area contributed by atoms with Crippen LogP contribution in [0.3, 0.4) is 0 Å². The summed E-state index contributed by atoms with van der Waals surface area (Å²) >= 11 is 1.72. The smallest absolute Gasteiger partial charge is 0.267 e. The fourth-order valence-electron chi connectivity index (χ4n) is 2.36. The molecular formula is C19H17N3O2S. The molecule has 0 aliphatic rings. The predicted octanol–water partition coefficient (Wildman–Crippen LogP) is 3.17. The first-order valence-electron chi connectivity index (χ1n) is 7.72.